The lowest BCUT2D eigenvalue weighted by molar-refractivity contribution is -0.117. The van der Waals surface area contributed by atoms with Crippen LogP contribution in [0.5, 0.6) is 5.75 Å². The molecule has 1 atom stereocenters. The zero-order chi connectivity index (χ0) is 14.6. The van der Waals surface area contributed by atoms with Crippen LogP contribution in [0.3, 0.4) is 0 Å². The maximum Gasteiger partial charge on any atom is 0.241 e. The van der Waals surface area contributed by atoms with E-state index in [4.69, 9.17) is 15.6 Å². The molecule has 5 N–H and O–H groups in total. The third-order valence-electron chi connectivity index (χ3n) is 2.53. The number of anilines is 1. The highest BCUT2D eigenvalue weighted by atomic mass is 35.5. The Morgan fingerprint density at radius 2 is 2.05 bits per heavy atom. The van der Waals surface area contributed by atoms with Crippen molar-refractivity contribution in [2.75, 3.05) is 12.4 Å². The number of primary sulfonamides is 1. The molecule has 0 bridgehead atoms. The summed E-state index contributed by atoms with van der Waals surface area (Å²) in [5, 5.41) is 7.54. The molecule has 1 amide bonds. The minimum Gasteiger partial charge on any atom is -0.495 e. The third-order valence-corrected chi connectivity index (χ3v) is 3.44. The average molecular weight is 324 g/mol. The summed E-state index contributed by atoms with van der Waals surface area (Å²) in [7, 11) is -2.45. The predicted molar refractivity (Wildman–Crippen MR) is 78.5 cm³/mol. The third kappa shape index (κ3) is 4.64. The molecule has 0 aliphatic carbocycles. The fraction of sp³-hybridized carbons (Fsp3) is 0.364. The maximum absolute atomic E-state index is 11.7. The first-order valence-corrected chi connectivity index (χ1v) is 7.11. The van der Waals surface area contributed by atoms with E-state index in [9.17, 15) is 13.2 Å². The van der Waals surface area contributed by atoms with Crippen molar-refractivity contribution in [3.63, 3.8) is 0 Å². The van der Waals surface area contributed by atoms with Crippen molar-refractivity contribution in [3.05, 3.63) is 18.2 Å². The molecule has 0 spiro atoms. The minimum atomic E-state index is -3.85. The van der Waals surface area contributed by atoms with Crippen LogP contribution in [0.25, 0.3) is 0 Å². The van der Waals surface area contributed by atoms with E-state index in [0.717, 1.165) is 0 Å². The van der Waals surface area contributed by atoms with E-state index in [1.165, 1.54) is 25.3 Å². The van der Waals surface area contributed by atoms with Gasteiger partial charge in [-0.2, -0.15) is 0 Å². The van der Waals surface area contributed by atoms with E-state index in [2.05, 4.69) is 5.32 Å². The quantitative estimate of drug-likeness (QED) is 0.725. The Hall–Kier alpha value is -1.35. The van der Waals surface area contributed by atoms with Crippen molar-refractivity contribution in [3.8, 4) is 5.75 Å². The molecule has 1 aromatic rings. The summed E-state index contributed by atoms with van der Waals surface area (Å²) in [5.74, 6) is -0.101. The van der Waals surface area contributed by atoms with Gasteiger partial charge in [0.25, 0.3) is 0 Å². The van der Waals surface area contributed by atoms with Gasteiger partial charge in [0, 0.05) is 0 Å². The van der Waals surface area contributed by atoms with Crippen molar-refractivity contribution < 1.29 is 17.9 Å². The van der Waals surface area contributed by atoms with Crippen LogP contribution < -0.4 is 20.9 Å². The number of sulfonamides is 1. The summed E-state index contributed by atoms with van der Waals surface area (Å²) in [6, 6.07) is 3.26. The summed E-state index contributed by atoms with van der Waals surface area (Å²) in [6.07, 6.45) is 0.461. The molecule has 0 saturated heterocycles. The molecule has 114 valence electrons. The number of ether oxygens (including phenoxy) is 1. The van der Waals surface area contributed by atoms with Gasteiger partial charge in [-0.05, 0) is 24.6 Å². The van der Waals surface area contributed by atoms with Crippen molar-refractivity contribution in [2.45, 2.75) is 24.3 Å². The predicted octanol–water partition coefficient (Wildman–Crippen LogP) is 0.440. The van der Waals surface area contributed by atoms with Crippen molar-refractivity contribution in [1.82, 2.24) is 0 Å². The van der Waals surface area contributed by atoms with Crippen LogP contribution in [0.1, 0.15) is 13.3 Å². The topological polar surface area (TPSA) is 125 Å². The number of nitrogens with two attached hydrogens (primary N) is 2. The highest BCUT2D eigenvalue weighted by Gasteiger charge is 2.16. The number of hydrogen-bond donors (Lipinski definition) is 3. The van der Waals surface area contributed by atoms with E-state index in [0.29, 0.717) is 12.2 Å². The van der Waals surface area contributed by atoms with Crippen molar-refractivity contribution in [2.24, 2.45) is 10.9 Å². The molecule has 0 aromatic heterocycles. The SMILES string of the molecule is CC[C@H](N)C(=O)Nc1cc(S(N)(=O)=O)ccc1OC.Cl. The number of amides is 1. The second-order valence-corrected chi connectivity index (χ2v) is 5.47. The summed E-state index contributed by atoms with van der Waals surface area (Å²) < 4.78 is 27.6. The lowest BCUT2D eigenvalue weighted by Gasteiger charge is -2.14. The second-order valence-electron chi connectivity index (χ2n) is 3.91. The zero-order valence-corrected chi connectivity index (χ0v) is 12.8. The molecule has 0 radical (unpaired) electrons. The van der Waals surface area contributed by atoms with Crippen LogP contribution in [-0.2, 0) is 14.8 Å². The van der Waals surface area contributed by atoms with Crippen LogP contribution in [0.4, 0.5) is 5.69 Å². The molecule has 0 unspecified atom stereocenters. The van der Waals surface area contributed by atoms with Crippen LogP contribution in [-0.4, -0.2) is 27.5 Å². The van der Waals surface area contributed by atoms with Gasteiger partial charge in [0.2, 0.25) is 15.9 Å². The largest absolute Gasteiger partial charge is 0.495 e. The Morgan fingerprint density at radius 3 is 2.50 bits per heavy atom. The first kappa shape index (κ1) is 18.7. The van der Waals surface area contributed by atoms with Crippen molar-refractivity contribution >= 4 is 34.0 Å². The van der Waals surface area contributed by atoms with E-state index in [1.54, 1.807) is 6.92 Å². The number of nitrogens with one attached hydrogen (secondary N) is 1. The molecule has 20 heavy (non-hydrogen) atoms. The Morgan fingerprint density at radius 1 is 1.45 bits per heavy atom. The number of carbonyl (C=O) groups is 1. The second kappa shape index (κ2) is 7.44. The Bertz CT molecular complexity index is 577. The lowest BCUT2D eigenvalue weighted by atomic mass is 10.2. The highest BCUT2D eigenvalue weighted by molar-refractivity contribution is 7.89. The molecule has 0 aliphatic rings. The average Bonchev–Trinajstić information content (AvgIpc) is 2.36. The van der Waals surface area contributed by atoms with E-state index < -0.39 is 22.0 Å². The number of halogens is 1. The summed E-state index contributed by atoms with van der Waals surface area (Å²) in [5.41, 5.74) is 5.79. The molecule has 1 aromatic carbocycles. The van der Waals surface area contributed by atoms with Gasteiger partial charge in [-0.3, -0.25) is 4.79 Å². The van der Waals surface area contributed by atoms with Gasteiger partial charge in [0.05, 0.1) is 23.7 Å². The maximum atomic E-state index is 11.7. The first-order valence-electron chi connectivity index (χ1n) is 5.57. The van der Waals surface area contributed by atoms with Gasteiger partial charge in [0.1, 0.15) is 5.75 Å². The van der Waals surface area contributed by atoms with Crippen LogP contribution in [0.2, 0.25) is 0 Å². The fourth-order valence-electron chi connectivity index (χ4n) is 1.37. The van der Waals surface area contributed by atoms with Crippen LogP contribution in [0.15, 0.2) is 23.1 Å². The molecule has 0 heterocycles. The molecular weight excluding hydrogens is 306 g/mol. The monoisotopic (exact) mass is 323 g/mol. The van der Waals surface area contributed by atoms with E-state index in [1.807, 2.05) is 0 Å². The van der Waals surface area contributed by atoms with Gasteiger partial charge < -0.3 is 15.8 Å². The molecule has 7 nitrogen and oxygen atoms in total. The molecular formula is C11H18ClN3O4S. The highest BCUT2D eigenvalue weighted by Crippen LogP contribution is 2.27. The molecule has 1 rings (SSSR count). The summed E-state index contributed by atoms with van der Waals surface area (Å²) >= 11 is 0. The van der Waals surface area contributed by atoms with E-state index >= 15 is 0 Å². The lowest BCUT2D eigenvalue weighted by Crippen LogP contribution is -2.35. The normalized spacial score (nSPS) is 12.2. The number of hydrogen-bond acceptors (Lipinski definition) is 5. The van der Waals surface area contributed by atoms with E-state index in [-0.39, 0.29) is 23.0 Å². The fourth-order valence-corrected chi connectivity index (χ4v) is 1.91. The zero-order valence-electron chi connectivity index (χ0n) is 11.1. The molecule has 0 fully saturated rings. The molecule has 9 heteroatoms. The number of carbonyl (C=O) groups excluding carboxylic acids is 1. The van der Waals surface area contributed by atoms with Gasteiger partial charge in [-0.15, -0.1) is 12.4 Å². The van der Waals surface area contributed by atoms with Gasteiger partial charge in [0.15, 0.2) is 0 Å². The Balaban J connectivity index is 0.00000361. The van der Waals surface area contributed by atoms with Crippen LogP contribution in [0, 0.1) is 0 Å². The number of benzene rings is 1. The molecule has 0 saturated carbocycles. The van der Waals surface area contributed by atoms with Gasteiger partial charge in [-0.1, -0.05) is 6.92 Å². The standard InChI is InChI=1S/C11H17N3O4S.ClH/c1-3-8(12)11(15)14-9-6-7(19(13,16)17)4-5-10(9)18-2;/h4-6,8H,3,12H2,1-2H3,(H,14,15)(H2,13,16,17);1H/t8-;/m0./s1. The first-order chi connectivity index (χ1) is 8.79. The Labute approximate surface area is 124 Å². The Kier molecular flexibility index (Phi) is 6.94. The van der Waals surface area contributed by atoms with Gasteiger partial charge >= 0.3 is 0 Å². The summed E-state index contributed by atoms with van der Waals surface area (Å²) in [6.45, 7) is 1.77. The van der Waals surface area contributed by atoms with Crippen molar-refractivity contribution in [1.29, 1.82) is 0 Å². The number of methoxy groups -OCH3 is 1. The smallest absolute Gasteiger partial charge is 0.241 e. The number of rotatable bonds is 5. The van der Waals surface area contributed by atoms with Gasteiger partial charge in [-0.25, -0.2) is 13.6 Å². The minimum absolute atomic E-state index is 0. The summed E-state index contributed by atoms with van der Waals surface area (Å²) in [4.78, 5) is 11.6. The van der Waals surface area contributed by atoms with Crippen LogP contribution >= 0.6 is 12.4 Å². The molecule has 0 aliphatic heterocycles.